The monoisotopic (exact) mass is 423 g/mol. The van der Waals surface area contributed by atoms with E-state index < -0.39 is 5.54 Å². The molecule has 2 aliphatic rings. The number of nitrogens with one attached hydrogen (secondary N) is 1. The summed E-state index contributed by atoms with van der Waals surface area (Å²) < 4.78 is 1.91. The van der Waals surface area contributed by atoms with Crippen LogP contribution in [0.15, 0.2) is 42.7 Å². The Bertz CT molecular complexity index is 954. The van der Waals surface area contributed by atoms with Crippen molar-refractivity contribution >= 4 is 11.9 Å². The van der Waals surface area contributed by atoms with Gasteiger partial charge in [0.15, 0.2) is 0 Å². The summed E-state index contributed by atoms with van der Waals surface area (Å²) in [6.07, 6.45) is 6.35. The molecule has 1 saturated heterocycles. The van der Waals surface area contributed by atoms with Crippen molar-refractivity contribution in [1.29, 1.82) is 0 Å². The van der Waals surface area contributed by atoms with Gasteiger partial charge in [-0.3, -0.25) is 14.4 Å². The number of benzene rings is 1. The van der Waals surface area contributed by atoms with Crippen LogP contribution in [-0.2, 0) is 17.9 Å². The fraction of sp³-hybridized carbons (Fsp3) is 0.542. The van der Waals surface area contributed by atoms with E-state index in [4.69, 9.17) is 0 Å². The Hall–Kier alpha value is -2.67. The lowest BCUT2D eigenvalue weighted by Gasteiger charge is -2.43. The van der Waals surface area contributed by atoms with Gasteiger partial charge in [0.1, 0.15) is 5.54 Å². The zero-order chi connectivity index (χ0) is 22.2. The minimum absolute atomic E-state index is 0.0376. The normalized spacial score (nSPS) is 25.5. The molecule has 1 aliphatic heterocycles. The van der Waals surface area contributed by atoms with Crippen LogP contribution >= 0.6 is 0 Å². The lowest BCUT2D eigenvalue weighted by Crippen LogP contribution is -2.54. The van der Waals surface area contributed by atoms with Crippen molar-refractivity contribution in [3.8, 4) is 0 Å². The smallest absolute Gasteiger partial charge is 0.323 e. The van der Waals surface area contributed by atoms with E-state index in [2.05, 4.69) is 43.3 Å². The van der Waals surface area contributed by atoms with E-state index >= 15 is 0 Å². The summed E-state index contributed by atoms with van der Waals surface area (Å²) in [7, 11) is 1.92. The molecule has 0 bridgehead atoms. The first-order valence-corrected chi connectivity index (χ1v) is 11.0. The van der Waals surface area contributed by atoms with Gasteiger partial charge in [-0.25, -0.2) is 9.69 Å². The highest BCUT2D eigenvalue weighted by Crippen LogP contribution is 2.46. The molecule has 2 atom stereocenters. The summed E-state index contributed by atoms with van der Waals surface area (Å²) in [5.41, 5.74) is 1.53. The van der Waals surface area contributed by atoms with Gasteiger partial charge in [0, 0.05) is 18.3 Å². The van der Waals surface area contributed by atoms with Crippen LogP contribution in [-0.4, -0.2) is 50.8 Å². The van der Waals surface area contributed by atoms with E-state index in [1.165, 1.54) is 10.5 Å². The van der Waals surface area contributed by atoms with Gasteiger partial charge >= 0.3 is 6.03 Å². The minimum atomic E-state index is -0.750. The quantitative estimate of drug-likeness (QED) is 0.723. The van der Waals surface area contributed by atoms with Crippen molar-refractivity contribution in [2.75, 3.05) is 13.7 Å². The molecule has 31 heavy (non-hydrogen) atoms. The molecular formula is C24H33N5O2. The molecule has 0 radical (unpaired) electrons. The Morgan fingerprint density at radius 1 is 1.16 bits per heavy atom. The Morgan fingerprint density at radius 3 is 2.61 bits per heavy atom. The molecule has 1 spiro atoms. The standard InChI is InChI=1S/C24H33N5O2/c1-18-10-23(2,3)16-24(11-18)21(30)29(22(31)26-24)17-27(4)13-20-12-25-28(15-20)14-19-8-6-5-7-9-19/h5-9,12,15,18H,10-11,13-14,16-17H2,1-4H3,(H,26,31)/t18-,24+/m1/s1. The van der Waals surface area contributed by atoms with Crippen molar-refractivity contribution in [3.63, 3.8) is 0 Å². The Balaban J connectivity index is 1.38. The number of hydrogen-bond donors (Lipinski definition) is 1. The number of amides is 3. The van der Waals surface area contributed by atoms with Crippen molar-refractivity contribution in [1.82, 2.24) is 24.9 Å². The van der Waals surface area contributed by atoms with E-state index in [-0.39, 0.29) is 24.0 Å². The number of imide groups is 1. The molecule has 1 aromatic heterocycles. The zero-order valence-corrected chi connectivity index (χ0v) is 19.0. The highest BCUT2D eigenvalue weighted by Gasteiger charge is 2.56. The van der Waals surface area contributed by atoms with Gasteiger partial charge in [0.25, 0.3) is 5.91 Å². The molecule has 1 N–H and O–H groups in total. The maximum Gasteiger partial charge on any atom is 0.326 e. The SMILES string of the molecule is C[C@@H]1CC(C)(C)C[C@]2(C1)NC(=O)N(CN(C)Cc1cnn(Cc3ccccc3)c1)C2=O. The highest BCUT2D eigenvalue weighted by atomic mass is 16.2. The number of nitrogens with zero attached hydrogens (tertiary/aromatic N) is 4. The third kappa shape index (κ3) is 4.66. The molecule has 2 aromatic rings. The predicted octanol–water partition coefficient (Wildman–Crippen LogP) is 3.46. The van der Waals surface area contributed by atoms with E-state index in [1.807, 2.05) is 47.2 Å². The van der Waals surface area contributed by atoms with Gasteiger partial charge in [0.2, 0.25) is 0 Å². The van der Waals surface area contributed by atoms with Crippen molar-refractivity contribution < 1.29 is 9.59 Å². The molecule has 1 aromatic carbocycles. The van der Waals surface area contributed by atoms with Gasteiger partial charge < -0.3 is 5.32 Å². The van der Waals surface area contributed by atoms with Gasteiger partial charge in [-0.2, -0.15) is 5.10 Å². The Labute approximate surface area is 184 Å². The summed E-state index contributed by atoms with van der Waals surface area (Å²) in [4.78, 5) is 29.4. The second-order valence-corrected chi connectivity index (χ2v) is 10.3. The summed E-state index contributed by atoms with van der Waals surface area (Å²) >= 11 is 0. The van der Waals surface area contributed by atoms with Crippen LogP contribution in [0.2, 0.25) is 0 Å². The Kier molecular flexibility index (Phi) is 5.64. The zero-order valence-electron chi connectivity index (χ0n) is 19.0. The summed E-state index contributed by atoms with van der Waals surface area (Å²) in [6, 6.07) is 9.92. The number of carbonyl (C=O) groups excluding carboxylic acids is 2. The summed E-state index contributed by atoms with van der Waals surface area (Å²) in [5, 5.41) is 7.50. The molecule has 0 unspecified atom stereocenters. The third-order valence-corrected chi connectivity index (χ3v) is 6.33. The van der Waals surface area contributed by atoms with Crippen LogP contribution in [0.1, 0.15) is 51.2 Å². The number of urea groups is 1. The minimum Gasteiger partial charge on any atom is -0.323 e. The Morgan fingerprint density at radius 2 is 1.90 bits per heavy atom. The van der Waals surface area contributed by atoms with Gasteiger partial charge in [-0.1, -0.05) is 51.1 Å². The number of hydrogen-bond acceptors (Lipinski definition) is 4. The average molecular weight is 424 g/mol. The van der Waals surface area contributed by atoms with Gasteiger partial charge in [-0.15, -0.1) is 0 Å². The van der Waals surface area contributed by atoms with Crippen LogP contribution in [0.5, 0.6) is 0 Å². The predicted molar refractivity (Wildman–Crippen MR) is 119 cm³/mol. The fourth-order valence-corrected chi connectivity index (χ4v) is 5.58. The number of aromatic nitrogens is 2. The molecule has 7 nitrogen and oxygen atoms in total. The van der Waals surface area contributed by atoms with Crippen LogP contribution in [0.3, 0.4) is 0 Å². The topological polar surface area (TPSA) is 70.5 Å². The third-order valence-electron chi connectivity index (χ3n) is 6.33. The number of carbonyl (C=O) groups is 2. The summed E-state index contributed by atoms with van der Waals surface area (Å²) in [6.45, 7) is 8.14. The van der Waals surface area contributed by atoms with Crippen molar-refractivity contribution in [3.05, 3.63) is 53.9 Å². The van der Waals surface area contributed by atoms with E-state index in [0.717, 1.165) is 12.0 Å². The van der Waals surface area contributed by atoms with Gasteiger partial charge in [-0.05, 0) is 43.2 Å². The van der Waals surface area contributed by atoms with Gasteiger partial charge in [0.05, 0.1) is 19.4 Å². The molecule has 3 amide bonds. The van der Waals surface area contributed by atoms with Crippen molar-refractivity contribution in [2.24, 2.45) is 11.3 Å². The lowest BCUT2D eigenvalue weighted by molar-refractivity contribution is -0.136. The van der Waals surface area contributed by atoms with Crippen LogP contribution in [0, 0.1) is 11.3 Å². The molecule has 2 fully saturated rings. The fourth-order valence-electron chi connectivity index (χ4n) is 5.58. The largest absolute Gasteiger partial charge is 0.326 e. The average Bonchev–Trinajstić information content (AvgIpc) is 3.18. The second kappa shape index (κ2) is 8.11. The van der Waals surface area contributed by atoms with Crippen LogP contribution < -0.4 is 5.32 Å². The molecule has 1 aliphatic carbocycles. The first-order valence-electron chi connectivity index (χ1n) is 11.0. The molecular weight excluding hydrogens is 390 g/mol. The van der Waals surface area contributed by atoms with E-state index in [9.17, 15) is 9.59 Å². The van der Waals surface area contributed by atoms with E-state index in [0.29, 0.717) is 31.8 Å². The molecule has 2 heterocycles. The molecule has 1 saturated carbocycles. The van der Waals surface area contributed by atoms with Crippen LogP contribution in [0.25, 0.3) is 0 Å². The second-order valence-electron chi connectivity index (χ2n) is 10.3. The first-order chi connectivity index (χ1) is 14.7. The number of rotatable bonds is 6. The van der Waals surface area contributed by atoms with E-state index in [1.54, 1.807) is 0 Å². The maximum atomic E-state index is 13.3. The molecule has 4 rings (SSSR count). The van der Waals surface area contributed by atoms with Crippen LogP contribution in [0.4, 0.5) is 4.79 Å². The lowest BCUT2D eigenvalue weighted by atomic mass is 9.64. The summed E-state index contributed by atoms with van der Waals surface area (Å²) in [5.74, 6) is 0.324. The van der Waals surface area contributed by atoms with Crippen molar-refractivity contribution in [2.45, 2.75) is 58.7 Å². The molecule has 166 valence electrons. The first kappa shape index (κ1) is 21.6. The highest BCUT2D eigenvalue weighted by molar-refractivity contribution is 6.07. The maximum absolute atomic E-state index is 13.3. The molecule has 7 heteroatoms.